The van der Waals surface area contributed by atoms with Gasteiger partial charge in [0.2, 0.25) is 5.88 Å². The fourth-order valence-electron chi connectivity index (χ4n) is 4.80. The lowest BCUT2D eigenvalue weighted by Gasteiger charge is -2.40. The van der Waals surface area contributed by atoms with Crippen molar-refractivity contribution in [1.82, 2.24) is 19.9 Å². The third-order valence-electron chi connectivity index (χ3n) is 6.90. The van der Waals surface area contributed by atoms with E-state index in [2.05, 4.69) is 24.6 Å². The molecule has 1 fully saturated rings. The summed E-state index contributed by atoms with van der Waals surface area (Å²) in [4.78, 5) is 14.2. The summed E-state index contributed by atoms with van der Waals surface area (Å²) < 4.78 is 74.1. The number of hydrogen-bond acceptors (Lipinski definition) is 7. The van der Waals surface area contributed by atoms with Crippen molar-refractivity contribution in [2.75, 3.05) is 18.3 Å². The maximum Gasteiger partial charge on any atom is 0.416 e. The van der Waals surface area contributed by atoms with Crippen LogP contribution in [0.5, 0.6) is 5.88 Å². The smallest absolute Gasteiger partial charge is 0.416 e. The third kappa shape index (κ3) is 6.41. The Kier molecular flexibility index (Phi) is 8.22. The quantitative estimate of drug-likeness (QED) is 0.421. The number of anilines is 1. The van der Waals surface area contributed by atoms with Crippen LogP contribution in [-0.4, -0.2) is 54.0 Å². The fraction of sp³-hybridized carbons (Fsp3) is 0.423. The number of hydrogen-bond donors (Lipinski definition) is 1. The molecule has 1 saturated carbocycles. The zero-order chi connectivity index (χ0) is 27.5. The van der Waals surface area contributed by atoms with Crippen LogP contribution in [0, 0.1) is 6.92 Å². The molecule has 3 atom stereocenters. The molecule has 0 radical (unpaired) electrons. The third-order valence-corrected chi connectivity index (χ3v) is 8.39. The van der Waals surface area contributed by atoms with Gasteiger partial charge in [-0.2, -0.15) is 13.2 Å². The lowest BCUT2D eigenvalue weighted by atomic mass is 9.79. The summed E-state index contributed by atoms with van der Waals surface area (Å²) in [6.45, 7) is 4.33. The monoisotopic (exact) mass is 549 g/mol. The lowest BCUT2D eigenvalue weighted by molar-refractivity contribution is -0.137. The molecule has 8 nitrogen and oxygen atoms in total. The Hall–Kier alpha value is -3.25. The summed E-state index contributed by atoms with van der Waals surface area (Å²) in [5.41, 5.74) is 0.298. The number of aromatic nitrogens is 3. The van der Waals surface area contributed by atoms with E-state index < -0.39 is 21.8 Å². The first kappa shape index (κ1) is 27.8. The van der Waals surface area contributed by atoms with Crippen LogP contribution in [0.1, 0.15) is 48.9 Å². The molecule has 1 aliphatic carbocycles. The highest BCUT2D eigenvalue weighted by atomic mass is 32.2. The first-order valence-corrected chi connectivity index (χ1v) is 13.8. The summed E-state index contributed by atoms with van der Waals surface area (Å²) in [5.74, 6) is 0.398. The summed E-state index contributed by atoms with van der Waals surface area (Å²) in [7, 11) is -1.96. The van der Waals surface area contributed by atoms with Gasteiger partial charge in [0.1, 0.15) is 23.1 Å². The van der Waals surface area contributed by atoms with Crippen LogP contribution in [0.2, 0.25) is 0 Å². The van der Waals surface area contributed by atoms with Gasteiger partial charge in [-0.05, 0) is 69.5 Å². The minimum atomic E-state index is -4.39. The van der Waals surface area contributed by atoms with Crippen LogP contribution in [0.25, 0.3) is 0 Å². The van der Waals surface area contributed by atoms with E-state index in [-0.39, 0.29) is 34.5 Å². The first-order valence-electron chi connectivity index (χ1n) is 12.3. The van der Waals surface area contributed by atoms with E-state index in [0.717, 1.165) is 12.6 Å². The molecule has 2 heterocycles. The molecule has 3 aromatic rings. The molecule has 38 heavy (non-hydrogen) atoms. The van der Waals surface area contributed by atoms with Crippen LogP contribution in [-0.2, 0) is 16.2 Å². The predicted molar refractivity (Wildman–Crippen MR) is 136 cm³/mol. The van der Waals surface area contributed by atoms with Gasteiger partial charge in [0.25, 0.3) is 10.0 Å². The molecule has 1 aromatic carbocycles. The summed E-state index contributed by atoms with van der Waals surface area (Å²) in [5, 5.41) is 0. The molecular formula is C26H30F3N5O3S. The summed E-state index contributed by atoms with van der Waals surface area (Å²) in [6, 6.07) is 9.89. The zero-order valence-electron chi connectivity index (χ0n) is 21.3. The van der Waals surface area contributed by atoms with Gasteiger partial charge in [-0.25, -0.2) is 23.4 Å². The normalized spacial score (nSPS) is 20.3. The molecular weight excluding hydrogens is 519 g/mol. The van der Waals surface area contributed by atoms with Crippen LogP contribution in [0.15, 0.2) is 59.9 Å². The molecule has 0 aliphatic heterocycles. The average molecular weight is 550 g/mol. The van der Waals surface area contributed by atoms with E-state index in [1.54, 1.807) is 13.0 Å². The first-order chi connectivity index (χ1) is 18.0. The van der Waals surface area contributed by atoms with Gasteiger partial charge in [-0.15, -0.1) is 0 Å². The van der Waals surface area contributed by atoms with Gasteiger partial charge in [0.15, 0.2) is 0 Å². The number of sulfonamides is 1. The number of rotatable bonds is 8. The molecule has 1 N–H and O–H groups in total. The number of aryl methyl sites for hydroxylation is 1. The number of pyridine rings is 1. The SMILES string of the molecule is CCN(C)[C@H]1C[C@@H](c2cccc(C(F)(F)F)c2)CC[C@@H]1Oc1ccc(S(=O)(=O)Nc2ccncn2)c(C)n1. The van der Waals surface area contributed by atoms with E-state index in [0.29, 0.717) is 30.7 Å². The standard InChI is InChI=1S/C26H30F3N5O3S/c1-4-34(3)21-15-19(18-6-5-7-20(14-18)26(27,28)29)8-9-22(21)37-25-11-10-23(17(2)32-25)38(35,36)33-24-12-13-30-16-31-24/h5-7,10-14,16,19,21-22H,4,8-9,15H2,1-3H3,(H,30,31,33)/t19-,21-,22-/m0/s1. The molecule has 0 saturated heterocycles. The second-order valence-corrected chi connectivity index (χ2v) is 11.0. The lowest BCUT2D eigenvalue weighted by Crippen LogP contribution is -2.47. The average Bonchev–Trinajstić information content (AvgIpc) is 2.88. The number of alkyl halides is 3. The van der Waals surface area contributed by atoms with Crippen LogP contribution in [0.3, 0.4) is 0 Å². The largest absolute Gasteiger partial charge is 0.473 e. The Morgan fingerprint density at radius 2 is 1.95 bits per heavy atom. The molecule has 4 rings (SSSR count). The summed E-state index contributed by atoms with van der Waals surface area (Å²) >= 11 is 0. The van der Waals surface area contributed by atoms with Gasteiger partial charge >= 0.3 is 6.18 Å². The molecule has 204 valence electrons. The molecule has 12 heteroatoms. The molecule has 0 unspecified atom stereocenters. The van der Waals surface area contributed by atoms with Crippen molar-refractivity contribution in [3.63, 3.8) is 0 Å². The van der Waals surface area contributed by atoms with Gasteiger partial charge in [0, 0.05) is 18.3 Å². The Balaban J connectivity index is 1.50. The molecule has 1 aliphatic rings. The highest BCUT2D eigenvalue weighted by Gasteiger charge is 2.36. The van der Waals surface area contributed by atoms with Crippen LogP contribution < -0.4 is 9.46 Å². The molecule has 0 spiro atoms. The van der Waals surface area contributed by atoms with E-state index in [1.165, 1.54) is 42.9 Å². The Bertz CT molecular complexity index is 1360. The topological polar surface area (TPSA) is 97.3 Å². The van der Waals surface area contributed by atoms with E-state index >= 15 is 0 Å². The summed E-state index contributed by atoms with van der Waals surface area (Å²) in [6.07, 6.45) is -0.0616. The van der Waals surface area contributed by atoms with E-state index in [1.807, 2.05) is 14.0 Å². The predicted octanol–water partition coefficient (Wildman–Crippen LogP) is 5.04. The Morgan fingerprint density at radius 3 is 2.61 bits per heavy atom. The van der Waals surface area contributed by atoms with Crippen LogP contribution >= 0.6 is 0 Å². The minimum absolute atomic E-state index is 0.000979. The van der Waals surface area contributed by atoms with Crippen LogP contribution in [0.4, 0.5) is 19.0 Å². The number of nitrogens with one attached hydrogen (secondary N) is 1. The number of ether oxygens (including phenoxy) is 1. The van der Waals surface area contributed by atoms with Crippen molar-refractivity contribution in [2.45, 2.75) is 62.2 Å². The fourth-order valence-corrected chi connectivity index (χ4v) is 5.99. The van der Waals surface area contributed by atoms with Gasteiger partial charge in [-0.3, -0.25) is 9.62 Å². The number of halogens is 3. The molecule has 2 aromatic heterocycles. The Labute approximate surface area is 220 Å². The highest BCUT2D eigenvalue weighted by Crippen LogP contribution is 2.39. The van der Waals surface area contributed by atoms with Crippen molar-refractivity contribution in [2.24, 2.45) is 0 Å². The Morgan fingerprint density at radius 1 is 1.16 bits per heavy atom. The van der Waals surface area contributed by atoms with Crippen molar-refractivity contribution >= 4 is 15.8 Å². The van der Waals surface area contributed by atoms with E-state index in [4.69, 9.17) is 4.74 Å². The van der Waals surface area contributed by atoms with Gasteiger partial charge < -0.3 is 4.74 Å². The maximum absolute atomic E-state index is 13.3. The van der Waals surface area contributed by atoms with Gasteiger partial charge in [0.05, 0.1) is 11.3 Å². The maximum atomic E-state index is 13.3. The van der Waals surface area contributed by atoms with Crippen molar-refractivity contribution < 1.29 is 26.3 Å². The molecule has 0 amide bonds. The highest BCUT2D eigenvalue weighted by molar-refractivity contribution is 7.92. The van der Waals surface area contributed by atoms with Crippen molar-refractivity contribution in [3.05, 3.63) is 71.8 Å². The number of nitrogens with zero attached hydrogens (tertiary/aromatic N) is 4. The number of benzene rings is 1. The van der Waals surface area contributed by atoms with Crippen molar-refractivity contribution in [1.29, 1.82) is 0 Å². The van der Waals surface area contributed by atoms with Gasteiger partial charge in [-0.1, -0.05) is 25.1 Å². The minimum Gasteiger partial charge on any atom is -0.473 e. The van der Waals surface area contributed by atoms with E-state index in [9.17, 15) is 21.6 Å². The molecule has 0 bridgehead atoms. The zero-order valence-corrected chi connectivity index (χ0v) is 22.1. The van der Waals surface area contributed by atoms with Crippen molar-refractivity contribution in [3.8, 4) is 5.88 Å². The second kappa shape index (κ2) is 11.2. The number of likely N-dealkylation sites (N-methyl/N-ethyl adjacent to an activating group) is 1. The second-order valence-electron chi connectivity index (χ2n) is 9.36.